The van der Waals surface area contributed by atoms with Gasteiger partial charge in [-0.1, -0.05) is 0 Å². The molecule has 0 bridgehead atoms. The van der Waals surface area contributed by atoms with Crippen LogP contribution in [0.3, 0.4) is 0 Å². The Balaban J connectivity index is 1.57. The van der Waals surface area contributed by atoms with Gasteiger partial charge in [0.2, 0.25) is 0 Å². The van der Waals surface area contributed by atoms with Gasteiger partial charge in [0, 0.05) is 30.7 Å². The number of hydrogen-bond donors (Lipinski definition) is 3. The summed E-state index contributed by atoms with van der Waals surface area (Å²) in [7, 11) is 1.48. The van der Waals surface area contributed by atoms with Crippen LogP contribution >= 0.6 is 0 Å². The van der Waals surface area contributed by atoms with Crippen molar-refractivity contribution >= 4 is 29.1 Å². The molecule has 0 fully saturated rings. The standard InChI is InChI=1S/C22H17F3N4O4/c1-26-19(30)18-12-17(10-11-27-18)33-16-8-6-15(7-9-16)29-21(32)20(31)28-14-4-2-13(3-5-14)22(23,24)25/h2-12H,1H3,(H,26,30)(H,28,31)(H,29,32). The molecule has 3 rings (SSSR count). The lowest BCUT2D eigenvalue weighted by Gasteiger charge is -2.10. The number of nitrogens with one attached hydrogen (secondary N) is 3. The molecule has 1 heterocycles. The first-order chi connectivity index (χ1) is 15.7. The van der Waals surface area contributed by atoms with Gasteiger partial charge in [0.15, 0.2) is 0 Å². The largest absolute Gasteiger partial charge is 0.457 e. The van der Waals surface area contributed by atoms with E-state index in [1.807, 2.05) is 0 Å². The number of amides is 3. The summed E-state index contributed by atoms with van der Waals surface area (Å²) in [5, 5.41) is 7.05. The van der Waals surface area contributed by atoms with E-state index in [0.29, 0.717) is 11.5 Å². The van der Waals surface area contributed by atoms with Crippen LogP contribution in [0.2, 0.25) is 0 Å². The van der Waals surface area contributed by atoms with Crippen LogP contribution < -0.4 is 20.7 Å². The predicted molar refractivity (Wildman–Crippen MR) is 113 cm³/mol. The van der Waals surface area contributed by atoms with Gasteiger partial charge in [-0.2, -0.15) is 13.2 Å². The Morgan fingerprint density at radius 1 is 0.818 bits per heavy atom. The Bertz CT molecular complexity index is 1160. The smallest absolute Gasteiger partial charge is 0.416 e. The molecule has 0 saturated heterocycles. The van der Waals surface area contributed by atoms with Gasteiger partial charge in [-0.25, -0.2) is 0 Å². The fraction of sp³-hybridized carbons (Fsp3) is 0.0909. The Hall–Kier alpha value is -4.41. The number of rotatable bonds is 5. The van der Waals surface area contributed by atoms with Crippen molar-refractivity contribution in [2.45, 2.75) is 6.18 Å². The van der Waals surface area contributed by atoms with E-state index in [1.54, 1.807) is 6.07 Å². The summed E-state index contributed by atoms with van der Waals surface area (Å²) in [4.78, 5) is 39.7. The van der Waals surface area contributed by atoms with Crippen LogP contribution in [0, 0.1) is 0 Å². The lowest BCUT2D eigenvalue weighted by molar-refractivity contribution is -0.137. The van der Waals surface area contributed by atoms with Crippen molar-refractivity contribution in [2.75, 3.05) is 17.7 Å². The highest BCUT2D eigenvalue weighted by Crippen LogP contribution is 2.29. The molecule has 8 nitrogen and oxygen atoms in total. The molecular weight excluding hydrogens is 441 g/mol. The highest BCUT2D eigenvalue weighted by molar-refractivity contribution is 6.43. The Morgan fingerprint density at radius 2 is 1.36 bits per heavy atom. The quantitative estimate of drug-likeness (QED) is 0.504. The maximum atomic E-state index is 12.6. The topological polar surface area (TPSA) is 109 Å². The number of hydrogen-bond acceptors (Lipinski definition) is 5. The highest BCUT2D eigenvalue weighted by atomic mass is 19.4. The van der Waals surface area contributed by atoms with E-state index in [4.69, 9.17) is 4.74 Å². The number of ether oxygens (including phenoxy) is 1. The summed E-state index contributed by atoms with van der Waals surface area (Å²) in [6.07, 6.45) is -3.08. The molecule has 2 aromatic carbocycles. The van der Waals surface area contributed by atoms with E-state index >= 15 is 0 Å². The molecule has 170 valence electrons. The number of carbonyl (C=O) groups is 3. The zero-order valence-electron chi connectivity index (χ0n) is 17.1. The summed E-state index contributed by atoms with van der Waals surface area (Å²) in [5.41, 5.74) is -0.363. The second kappa shape index (κ2) is 9.81. The average molecular weight is 458 g/mol. The molecule has 0 spiro atoms. The summed E-state index contributed by atoms with van der Waals surface area (Å²) in [5.74, 6) is -1.65. The van der Waals surface area contributed by atoms with Crippen LogP contribution in [0.4, 0.5) is 24.5 Å². The second-order valence-corrected chi connectivity index (χ2v) is 6.57. The Labute approximate surface area is 185 Å². The number of aromatic nitrogens is 1. The van der Waals surface area contributed by atoms with Crippen molar-refractivity contribution in [1.82, 2.24) is 10.3 Å². The monoisotopic (exact) mass is 458 g/mol. The molecule has 0 atom stereocenters. The van der Waals surface area contributed by atoms with E-state index < -0.39 is 23.6 Å². The minimum absolute atomic E-state index is 0.0420. The number of pyridine rings is 1. The fourth-order valence-electron chi connectivity index (χ4n) is 2.59. The van der Waals surface area contributed by atoms with E-state index in [1.165, 1.54) is 43.6 Å². The summed E-state index contributed by atoms with van der Waals surface area (Å²) >= 11 is 0. The third-order valence-corrected chi connectivity index (χ3v) is 4.22. The van der Waals surface area contributed by atoms with Crippen molar-refractivity contribution in [3.8, 4) is 11.5 Å². The lowest BCUT2D eigenvalue weighted by Crippen LogP contribution is -2.29. The molecule has 3 amide bonds. The molecule has 3 N–H and O–H groups in total. The molecule has 0 saturated carbocycles. The normalized spacial score (nSPS) is 10.8. The SMILES string of the molecule is CNC(=O)c1cc(Oc2ccc(NC(=O)C(=O)Nc3ccc(C(F)(F)F)cc3)cc2)ccn1. The van der Waals surface area contributed by atoms with Gasteiger partial charge in [-0.3, -0.25) is 19.4 Å². The molecule has 0 aliphatic carbocycles. The molecule has 0 aliphatic rings. The van der Waals surface area contributed by atoms with E-state index in [-0.39, 0.29) is 23.0 Å². The van der Waals surface area contributed by atoms with E-state index in [9.17, 15) is 27.6 Å². The van der Waals surface area contributed by atoms with Crippen molar-refractivity contribution in [1.29, 1.82) is 0 Å². The van der Waals surface area contributed by atoms with Crippen LogP contribution in [0.1, 0.15) is 16.1 Å². The third-order valence-electron chi connectivity index (χ3n) is 4.22. The third kappa shape index (κ3) is 6.29. The van der Waals surface area contributed by atoms with Gasteiger partial charge in [-0.15, -0.1) is 0 Å². The van der Waals surface area contributed by atoms with Crippen LogP contribution in [-0.2, 0) is 15.8 Å². The minimum atomic E-state index is -4.50. The Kier molecular flexibility index (Phi) is 6.91. The molecule has 11 heteroatoms. The summed E-state index contributed by atoms with van der Waals surface area (Å²) in [6.45, 7) is 0. The number of nitrogens with zero attached hydrogens (tertiary/aromatic N) is 1. The molecule has 3 aromatic rings. The average Bonchev–Trinajstić information content (AvgIpc) is 2.79. The number of halogens is 3. The molecule has 0 aliphatic heterocycles. The lowest BCUT2D eigenvalue weighted by atomic mass is 10.2. The van der Waals surface area contributed by atoms with E-state index in [0.717, 1.165) is 24.3 Å². The molecule has 0 radical (unpaired) electrons. The first-order valence-electron chi connectivity index (χ1n) is 9.41. The fourth-order valence-corrected chi connectivity index (χ4v) is 2.59. The van der Waals surface area contributed by atoms with Gasteiger partial charge in [-0.05, 0) is 54.6 Å². The first kappa shape index (κ1) is 23.3. The van der Waals surface area contributed by atoms with Gasteiger partial charge >= 0.3 is 18.0 Å². The number of benzene rings is 2. The first-order valence-corrected chi connectivity index (χ1v) is 9.41. The summed E-state index contributed by atoms with van der Waals surface area (Å²) < 4.78 is 43.4. The number of carbonyl (C=O) groups excluding carboxylic acids is 3. The van der Waals surface area contributed by atoms with Crippen molar-refractivity contribution in [3.05, 3.63) is 78.1 Å². The van der Waals surface area contributed by atoms with Gasteiger partial charge in [0.1, 0.15) is 17.2 Å². The predicted octanol–water partition coefficient (Wildman–Crippen LogP) is 3.83. The van der Waals surface area contributed by atoms with Gasteiger partial charge in [0.05, 0.1) is 5.56 Å². The van der Waals surface area contributed by atoms with Crippen molar-refractivity contribution < 1.29 is 32.3 Å². The van der Waals surface area contributed by atoms with Crippen LogP contribution in [0.15, 0.2) is 66.9 Å². The van der Waals surface area contributed by atoms with Crippen molar-refractivity contribution in [2.24, 2.45) is 0 Å². The maximum absolute atomic E-state index is 12.6. The minimum Gasteiger partial charge on any atom is -0.457 e. The van der Waals surface area contributed by atoms with Gasteiger partial charge < -0.3 is 20.7 Å². The van der Waals surface area contributed by atoms with Crippen LogP contribution in [-0.4, -0.2) is 29.8 Å². The molecular formula is C22H17F3N4O4. The Morgan fingerprint density at radius 3 is 1.88 bits per heavy atom. The molecule has 0 unspecified atom stereocenters. The zero-order valence-corrected chi connectivity index (χ0v) is 17.1. The van der Waals surface area contributed by atoms with Crippen molar-refractivity contribution in [3.63, 3.8) is 0 Å². The summed E-state index contributed by atoms with van der Waals surface area (Å²) in [6, 6.07) is 12.8. The molecule has 1 aromatic heterocycles. The zero-order chi connectivity index (χ0) is 24.0. The number of alkyl halides is 3. The maximum Gasteiger partial charge on any atom is 0.416 e. The second-order valence-electron chi connectivity index (χ2n) is 6.57. The van der Waals surface area contributed by atoms with E-state index in [2.05, 4.69) is 20.9 Å². The van der Waals surface area contributed by atoms with Crippen LogP contribution in [0.5, 0.6) is 11.5 Å². The molecule has 33 heavy (non-hydrogen) atoms. The van der Waals surface area contributed by atoms with Gasteiger partial charge in [0.25, 0.3) is 5.91 Å². The highest BCUT2D eigenvalue weighted by Gasteiger charge is 2.30. The van der Waals surface area contributed by atoms with Crippen LogP contribution in [0.25, 0.3) is 0 Å². The number of anilines is 2.